The van der Waals surface area contributed by atoms with Crippen LogP contribution in [0.4, 0.5) is 4.79 Å². The van der Waals surface area contributed by atoms with Gasteiger partial charge in [-0.15, -0.1) is 0 Å². The summed E-state index contributed by atoms with van der Waals surface area (Å²) in [7, 11) is 0. The summed E-state index contributed by atoms with van der Waals surface area (Å²) in [6.07, 6.45) is -0.426. The van der Waals surface area contributed by atoms with Gasteiger partial charge in [-0.05, 0) is 38.0 Å². The smallest absolute Gasteiger partial charge is 0.408 e. The molecule has 2 aromatic carbocycles. The van der Waals surface area contributed by atoms with E-state index in [1.165, 1.54) is 4.90 Å². The number of hydrogen-bond acceptors (Lipinski definition) is 4. The van der Waals surface area contributed by atoms with Gasteiger partial charge in [-0.1, -0.05) is 48.5 Å². The maximum atomic E-state index is 13.2. The second kappa shape index (κ2) is 7.84. The fraction of sp³-hybridized carbons (Fsp3) is 0.318. The van der Waals surface area contributed by atoms with E-state index in [2.05, 4.69) is 5.32 Å². The van der Waals surface area contributed by atoms with Crippen LogP contribution in [0.5, 0.6) is 0 Å². The summed E-state index contributed by atoms with van der Waals surface area (Å²) in [6, 6.07) is 15.6. The molecule has 6 nitrogen and oxygen atoms in total. The number of fused-ring (bicyclic) bond motifs is 1. The number of nitrogens with zero attached hydrogens (tertiary/aromatic N) is 1. The number of carbonyl (C=O) groups excluding carboxylic acids is 3. The van der Waals surface area contributed by atoms with E-state index in [9.17, 15) is 14.4 Å². The highest BCUT2D eigenvalue weighted by atomic mass is 16.6. The number of nitrogens with one attached hydrogen (secondary N) is 1. The standard InChI is InChI=1S/C22H24N2O4/c1-22(2,3)28-21(27)23-18(13-15-9-5-4-6-10-15)20(26)24-14-16-11-7-8-12-17(16)19(24)25/h4-12,18H,13-14H2,1-3H3,(H,23,27)/t18-/m0/s1. The van der Waals surface area contributed by atoms with Crippen LogP contribution in [0.15, 0.2) is 54.6 Å². The lowest BCUT2D eigenvalue weighted by Crippen LogP contribution is -2.50. The van der Waals surface area contributed by atoms with Gasteiger partial charge in [0.2, 0.25) is 0 Å². The first-order valence-electron chi connectivity index (χ1n) is 9.21. The van der Waals surface area contributed by atoms with Crippen LogP contribution < -0.4 is 5.32 Å². The number of benzene rings is 2. The lowest BCUT2D eigenvalue weighted by Gasteiger charge is -2.25. The molecular weight excluding hydrogens is 356 g/mol. The van der Waals surface area contributed by atoms with Gasteiger partial charge < -0.3 is 10.1 Å². The van der Waals surface area contributed by atoms with Crippen LogP contribution in [0.25, 0.3) is 0 Å². The zero-order valence-corrected chi connectivity index (χ0v) is 16.3. The molecule has 1 N–H and O–H groups in total. The molecule has 0 saturated heterocycles. The molecule has 6 heteroatoms. The van der Waals surface area contributed by atoms with Crippen LogP contribution in [0.1, 0.15) is 42.3 Å². The van der Waals surface area contributed by atoms with Gasteiger partial charge in [0, 0.05) is 12.0 Å². The summed E-state index contributed by atoms with van der Waals surface area (Å²) in [6.45, 7) is 5.46. The highest BCUT2D eigenvalue weighted by Gasteiger charge is 2.36. The number of carbonyl (C=O) groups is 3. The van der Waals surface area contributed by atoms with Crippen LogP contribution >= 0.6 is 0 Å². The Balaban J connectivity index is 1.81. The van der Waals surface area contributed by atoms with Gasteiger partial charge in [-0.2, -0.15) is 0 Å². The van der Waals surface area contributed by atoms with E-state index in [0.717, 1.165) is 11.1 Å². The molecule has 0 spiro atoms. The number of amides is 3. The van der Waals surface area contributed by atoms with Crippen molar-refractivity contribution >= 4 is 17.9 Å². The molecule has 0 bridgehead atoms. The molecule has 1 aliphatic rings. The predicted molar refractivity (Wildman–Crippen MR) is 105 cm³/mol. The maximum absolute atomic E-state index is 13.2. The van der Waals surface area contributed by atoms with Gasteiger partial charge in [0.05, 0.1) is 6.54 Å². The van der Waals surface area contributed by atoms with E-state index in [4.69, 9.17) is 4.74 Å². The fourth-order valence-electron chi connectivity index (χ4n) is 3.12. The molecule has 0 aliphatic carbocycles. The van der Waals surface area contributed by atoms with Crippen molar-refractivity contribution in [1.29, 1.82) is 0 Å². The number of hydrogen-bond donors (Lipinski definition) is 1. The van der Waals surface area contributed by atoms with Crippen LogP contribution in [0.2, 0.25) is 0 Å². The Morgan fingerprint density at radius 1 is 1.07 bits per heavy atom. The van der Waals surface area contributed by atoms with Crippen LogP contribution in [0.3, 0.4) is 0 Å². The van der Waals surface area contributed by atoms with Crippen LogP contribution in [-0.2, 0) is 22.5 Å². The Kier molecular flexibility index (Phi) is 5.49. The van der Waals surface area contributed by atoms with E-state index in [-0.39, 0.29) is 18.9 Å². The number of alkyl carbamates (subject to hydrolysis) is 1. The molecule has 0 saturated carbocycles. The van der Waals surface area contributed by atoms with Gasteiger partial charge in [0.15, 0.2) is 0 Å². The Morgan fingerprint density at radius 3 is 2.36 bits per heavy atom. The Bertz CT molecular complexity index is 887. The number of rotatable bonds is 4. The summed E-state index contributed by atoms with van der Waals surface area (Å²) in [5, 5.41) is 2.64. The van der Waals surface area contributed by atoms with Gasteiger partial charge in [0.25, 0.3) is 11.8 Å². The molecule has 3 rings (SSSR count). The fourth-order valence-corrected chi connectivity index (χ4v) is 3.12. The first-order valence-corrected chi connectivity index (χ1v) is 9.21. The van der Waals surface area contributed by atoms with Gasteiger partial charge >= 0.3 is 6.09 Å². The average Bonchev–Trinajstić information content (AvgIpc) is 2.97. The molecule has 1 atom stereocenters. The third-order valence-corrected chi connectivity index (χ3v) is 4.36. The van der Waals surface area contributed by atoms with E-state index < -0.39 is 23.6 Å². The second-order valence-corrected chi connectivity index (χ2v) is 7.78. The zero-order valence-electron chi connectivity index (χ0n) is 16.3. The third kappa shape index (κ3) is 4.57. The zero-order chi connectivity index (χ0) is 20.3. The van der Waals surface area contributed by atoms with Crippen molar-refractivity contribution in [2.24, 2.45) is 0 Å². The second-order valence-electron chi connectivity index (χ2n) is 7.78. The molecule has 0 fully saturated rings. The summed E-state index contributed by atoms with van der Waals surface area (Å²) in [5.74, 6) is -0.791. The van der Waals surface area contributed by atoms with Crippen molar-refractivity contribution in [3.63, 3.8) is 0 Å². The largest absolute Gasteiger partial charge is 0.444 e. The highest BCUT2D eigenvalue weighted by Crippen LogP contribution is 2.23. The minimum Gasteiger partial charge on any atom is -0.444 e. The summed E-state index contributed by atoms with van der Waals surface area (Å²) in [4.78, 5) is 39.3. The van der Waals surface area contributed by atoms with E-state index in [0.29, 0.717) is 5.56 Å². The molecular formula is C22H24N2O4. The van der Waals surface area contributed by atoms with Gasteiger partial charge in [-0.3, -0.25) is 14.5 Å². The van der Waals surface area contributed by atoms with Gasteiger partial charge in [0.1, 0.15) is 11.6 Å². The quantitative estimate of drug-likeness (QED) is 0.883. The molecule has 1 aliphatic heterocycles. The molecule has 3 amide bonds. The first-order chi connectivity index (χ1) is 13.2. The molecule has 146 valence electrons. The first kappa shape index (κ1) is 19.6. The summed E-state index contributed by atoms with van der Waals surface area (Å²) >= 11 is 0. The topological polar surface area (TPSA) is 75.7 Å². The predicted octanol–water partition coefficient (Wildman–Crippen LogP) is 3.31. The van der Waals surface area contributed by atoms with E-state index in [1.54, 1.807) is 32.9 Å². The Hall–Kier alpha value is -3.15. The van der Waals surface area contributed by atoms with Gasteiger partial charge in [-0.25, -0.2) is 4.79 Å². The van der Waals surface area contributed by atoms with Crippen LogP contribution in [-0.4, -0.2) is 34.5 Å². The van der Waals surface area contributed by atoms with Crippen molar-refractivity contribution < 1.29 is 19.1 Å². The molecule has 28 heavy (non-hydrogen) atoms. The summed E-state index contributed by atoms with van der Waals surface area (Å²) < 4.78 is 5.30. The molecule has 0 radical (unpaired) electrons. The number of ether oxygens (including phenoxy) is 1. The van der Waals surface area contributed by atoms with E-state index >= 15 is 0 Å². The SMILES string of the molecule is CC(C)(C)OC(=O)N[C@@H](Cc1ccccc1)C(=O)N1Cc2ccccc2C1=O. The van der Waals surface area contributed by atoms with Crippen molar-refractivity contribution in [3.8, 4) is 0 Å². The third-order valence-electron chi connectivity index (χ3n) is 4.36. The molecule has 1 heterocycles. The van der Waals surface area contributed by atoms with Crippen molar-refractivity contribution in [1.82, 2.24) is 10.2 Å². The van der Waals surface area contributed by atoms with E-state index in [1.807, 2.05) is 42.5 Å². The monoisotopic (exact) mass is 380 g/mol. The lowest BCUT2D eigenvalue weighted by atomic mass is 10.0. The number of imide groups is 1. The normalized spacial score (nSPS) is 14.4. The Labute approximate surface area is 164 Å². The minimum atomic E-state index is -0.907. The molecule has 0 aromatic heterocycles. The molecule has 0 unspecified atom stereocenters. The van der Waals surface area contributed by atoms with Crippen LogP contribution in [0, 0.1) is 0 Å². The maximum Gasteiger partial charge on any atom is 0.408 e. The minimum absolute atomic E-state index is 0.204. The molecule has 2 aromatic rings. The van der Waals surface area contributed by atoms with Crippen molar-refractivity contribution in [3.05, 3.63) is 71.3 Å². The van der Waals surface area contributed by atoms with Crippen molar-refractivity contribution in [2.75, 3.05) is 0 Å². The lowest BCUT2D eigenvalue weighted by molar-refractivity contribution is -0.131. The highest BCUT2D eigenvalue weighted by molar-refractivity contribution is 6.09. The summed E-state index contributed by atoms with van der Waals surface area (Å²) in [5.41, 5.74) is 1.51. The van der Waals surface area contributed by atoms with Crippen molar-refractivity contribution in [2.45, 2.75) is 45.4 Å². The Morgan fingerprint density at radius 2 is 1.71 bits per heavy atom. The average molecular weight is 380 g/mol.